The van der Waals surface area contributed by atoms with E-state index in [-0.39, 0.29) is 6.61 Å². The van der Waals surface area contributed by atoms with Gasteiger partial charge in [0.05, 0.1) is 6.61 Å². The fraction of sp³-hybridized carbons (Fsp3) is 0.286. The fourth-order valence-electron chi connectivity index (χ4n) is 0.866. The normalized spacial score (nSPS) is 9.58. The summed E-state index contributed by atoms with van der Waals surface area (Å²) < 4.78 is 0. The minimum absolute atomic E-state index is 0.0169. The minimum atomic E-state index is -0.633. The zero-order valence-corrected chi connectivity index (χ0v) is 6.86. The van der Waals surface area contributed by atoms with Crippen LogP contribution >= 0.6 is 0 Å². The van der Waals surface area contributed by atoms with Crippen molar-refractivity contribution < 1.29 is 10.1 Å². The predicted molar refractivity (Wildman–Crippen MR) is 47.6 cm³/mol. The molecular weight excluding hydrogens is 155 g/mol. The second-order valence-electron chi connectivity index (χ2n) is 2.53. The molecule has 0 atom stereocenters. The van der Waals surface area contributed by atoms with Crippen LogP contribution in [0.1, 0.15) is 5.56 Å². The van der Waals surface area contributed by atoms with Crippen molar-refractivity contribution in [2.75, 3.05) is 5.23 Å². The first-order chi connectivity index (χ1) is 5.72. The van der Waals surface area contributed by atoms with E-state index in [0.29, 0.717) is 5.82 Å². The molecular formula is C7H11BN2O2. The SMILES string of the molecule is CB(O)Nc1cc(CO)ccn1. The van der Waals surface area contributed by atoms with Gasteiger partial charge in [0.25, 0.3) is 0 Å². The Morgan fingerprint density at radius 3 is 3.00 bits per heavy atom. The highest BCUT2D eigenvalue weighted by molar-refractivity contribution is 6.52. The van der Waals surface area contributed by atoms with Gasteiger partial charge in [-0.1, -0.05) is 0 Å². The number of pyridine rings is 1. The molecule has 0 amide bonds. The van der Waals surface area contributed by atoms with Gasteiger partial charge >= 0.3 is 7.05 Å². The molecule has 5 heteroatoms. The topological polar surface area (TPSA) is 65.4 Å². The van der Waals surface area contributed by atoms with Gasteiger partial charge in [-0.25, -0.2) is 4.98 Å². The number of aliphatic hydroxyl groups excluding tert-OH is 1. The van der Waals surface area contributed by atoms with Gasteiger partial charge in [-0.05, 0) is 24.5 Å². The minimum Gasteiger partial charge on any atom is -0.433 e. The number of nitrogens with one attached hydrogen (secondary N) is 1. The zero-order valence-electron chi connectivity index (χ0n) is 6.86. The molecule has 1 rings (SSSR count). The summed E-state index contributed by atoms with van der Waals surface area (Å²) >= 11 is 0. The summed E-state index contributed by atoms with van der Waals surface area (Å²) in [7, 11) is -0.633. The lowest BCUT2D eigenvalue weighted by Crippen LogP contribution is -2.20. The Hall–Kier alpha value is -1.07. The van der Waals surface area contributed by atoms with Crippen LogP contribution in [-0.4, -0.2) is 22.2 Å². The van der Waals surface area contributed by atoms with Crippen molar-refractivity contribution in [2.45, 2.75) is 13.4 Å². The molecule has 0 saturated heterocycles. The number of rotatable bonds is 3. The Kier molecular flexibility index (Phi) is 3.07. The number of aromatic nitrogens is 1. The maximum Gasteiger partial charge on any atom is 0.408 e. The van der Waals surface area contributed by atoms with Crippen LogP contribution in [0.15, 0.2) is 18.3 Å². The Labute approximate surface area is 71.4 Å². The van der Waals surface area contributed by atoms with Crippen LogP contribution in [0.2, 0.25) is 6.82 Å². The van der Waals surface area contributed by atoms with Gasteiger partial charge < -0.3 is 15.4 Å². The van der Waals surface area contributed by atoms with Crippen LogP contribution in [0, 0.1) is 0 Å². The third-order valence-corrected chi connectivity index (χ3v) is 1.36. The van der Waals surface area contributed by atoms with Crippen LogP contribution in [0.5, 0.6) is 0 Å². The van der Waals surface area contributed by atoms with E-state index in [1.165, 1.54) is 0 Å². The second-order valence-corrected chi connectivity index (χ2v) is 2.53. The molecule has 4 nitrogen and oxygen atoms in total. The van der Waals surface area contributed by atoms with Crippen LogP contribution in [0.4, 0.5) is 5.82 Å². The molecule has 0 unspecified atom stereocenters. The lowest BCUT2D eigenvalue weighted by atomic mass is 9.89. The van der Waals surface area contributed by atoms with Gasteiger partial charge in [0.2, 0.25) is 0 Å². The number of hydrogen-bond donors (Lipinski definition) is 3. The van der Waals surface area contributed by atoms with Crippen molar-refractivity contribution in [2.24, 2.45) is 0 Å². The molecule has 1 aromatic rings. The van der Waals surface area contributed by atoms with Crippen molar-refractivity contribution in [1.82, 2.24) is 4.98 Å². The highest BCUT2D eigenvalue weighted by Crippen LogP contribution is 2.06. The van der Waals surface area contributed by atoms with E-state index in [0.717, 1.165) is 5.56 Å². The number of anilines is 1. The smallest absolute Gasteiger partial charge is 0.408 e. The van der Waals surface area contributed by atoms with Gasteiger partial charge in [-0.15, -0.1) is 0 Å². The molecule has 0 fully saturated rings. The molecule has 0 aliphatic rings. The molecule has 1 heterocycles. The Morgan fingerprint density at radius 1 is 1.67 bits per heavy atom. The first kappa shape index (κ1) is 9.03. The molecule has 1 aromatic heterocycles. The first-order valence-electron chi connectivity index (χ1n) is 3.73. The first-order valence-corrected chi connectivity index (χ1v) is 3.73. The van der Waals surface area contributed by atoms with E-state index in [2.05, 4.69) is 10.2 Å². The maximum absolute atomic E-state index is 8.96. The van der Waals surface area contributed by atoms with Gasteiger partial charge in [0.15, 0.2) is 0 Å². The summed E-state index contributed by atoms with van der Waals surface area (Å²) in [4.78, 5) is 3.95. The fourth-order valence-corrected chi connectivity index (χ4v) is 0.866. The summed E-state index contributed by atoms with van der Waals surface area (Å²) in [5, 5.41) is 20.4. The van der Waals surface area contributed by atoms with E-state index < -0.39 is 7.05 Å². The number of aliphatic hydroxyl groups is 1. The predicted octanol–water partition coefficient (Wildman–Crippen LogP) is 0.0961. The summed E-state index contributed by atoms with van der Waals surface area (Å²) in [6, 6.07) is 3.40. The van der Waals surface area contributed by atoms with Crippen LogP contribution in [0.3, 0.4) is 0 Å². The van der Waals surface area contributed by atoms with Gasteiger partial charge in [-0.2, -0.15) is 0 Å². The van der Waals surface area contributed by atoms with Crippen molar-refractivity contribution in [1.29, 1.82) is 0 Å². The molecule has 12 heavy (non-hydrogen) atoms. The summed E-state index contributed by atoms with van der Waals surface area (Å²) in [5.41, 5.74) is 0.771. The van der Waals surface area contributed by atoms with Crippen molar-refractivity contribution >= 4 is 12.9 Å². The quantitative estimate of drug-likeness (QED) is 0.557. The number of nitrogens with zero attached hydrogens (tertiary/aromatic N) is 1. The van der Waals surface area contributed by atoms with Crippen molar-refractivity contribution in [3.63, 3.8) is 0 Å². The Morgan fingerprint density at radius 2 is 2.42 bits per heavy atom. The average molecular weight is 166 g/mol. The lowest BCUT2D eigenvalue weighted by molar-refractivity contribution is 0.282. The van der Waals surface area contributed by atoms with Crippen molar-refractivity contribution in [3.8, 4) is 0 Å². The van der Waals surface area contributed by atoms with Gasteiger partial charge in [-0.3, -0.25) is 0 Å². The monoisotopic (exact) mass is 166 g/mol. The molecule has 3 N–H and O–H groups in total. The number of hydrogen-bond acceptors (Lipinski definition) is 4. The molecule has 0 aliphatic carbocycles. The summed E-state index contributed by atoms with van der Waals surface area (Å²) in [5.74, 6) is 0.566. The Balaban J connectivity index is 2.72. The molecule has 0 radical (unpaired) electrons. The molecule has 0 spiro atoms. The van der Waals surface area contributed by atoms with E-state index in [1.54, 1.807) is 25.2 Å². The molecule has 0 saturated carbocycles. The van der Waals surface area contributed by atoms with Crippen LogP contribution in [0.25, 0.3) is 0 Å². The summed E-state index contributed by atoms with van der Waals surface area (Å²) in [6.07, 6.45) is 1.58. The molecule has 0 aromatic carbocycles. The highest BCUT2D eigenvalue weighted by Gasteiger charge is 2.03. The average Bonchev–Trinajstić information content (AvgIpc) is 2.03. The maximum atomic E-state index is 8.96. The lowest BCUT2D eigenvalue weighted by Gasteiger charge is -2.05. The third-order valence-electron chi connectivity index (χ3n) is 1.36. The van der Waals surface area contributed by atoms with Gasteiger partial charge in [0.1, 0.15) is 5.82 Å². The van der Waals surface area contributed by atoms with E-state index in [9.17, 15) is 0 Å². The second kappa shape index (κ2) is 4.08. The molecule has 0 aliphatic heterocycles. The summed E-state index contributed by atoms with van der Waals surface area (Å²) in [6.45, 7) is 1.59. The van der Waals surface area contributed by atoms with Crippen LogP contribution in [-0.2, 0) is 6.61 Å². The largest absolute Gasteiger partial charge is 0.433 e. The standard InChI is InChI=1S/C7H11BN2O2/c1-8(12)10-7-4-6(5-11)2-3-9-7/h2-4,11-12H,5H2,1H3,(H,9,10). The van der Waals surface area contributed by atoms with Gasteiger partial charge in [0, 0.05) is 6.20 Å². The zero-order chi connectivity index (χ0) is 8.97. The third kappa shape index (κ3) is 2.52. The van der Waals surface area contributed by atoms with E-state index >= 15 is 0 Å². The van der Waals surface area contributed by atoms with E-state index in [4.69, 9.17) is 10.1 Å². The Bertz CT molecular complexity index is 255. The molecule has 64 valence electrons. The molecule has 0 bridgehead atoms. The van der Waals surface area contributed by atoms with Crippen molar-refractivity contribution in [3.05, 3.63) is 23.9 Å². The van der Waals surface area contributed by atoms with Crippen LogP contribution < -0.4 is 5.23 Å². The highest BCUT2D eigenvalue weighted by atomic mass is 16.3. The van der Waals surface area contributed by atoms with E-state index in [1.807, 2.05) is 0 Å².